The summed E-state index contributed by atoms with van der Waals surface area (Å²) in [6.07, 6.45) is -0.964. The Morgan fingerprint density at radius 1 is 0.600 bits per heavy atom. The lowest BCUT2D eigenvalue weighted by molar-refractivity contribution is -0.145. The first-order valence-electron chi connectivity index (χ1n) is 16.4. The van der Waals surface area contributed by atoms with E-state index in [0.29, 0.717) is 24.7 Å². The van der Waals surface area contributed by atoms with Crippen LogP contribution in [0.2, 0.25) is 0 Å². The molecule has 0 aromatic heterocycles. The minimum absolute atomic E-state index is 0.124. The lowest BCUT2D eigenvalue weighted by Crippen LogP contribution is -2.57. The molecule has 4 aromatic rings. The molecule has 0 saturated heterocycles. The Morgan fingerprint density at radius 2 is 1.08 bits per heavy atom. The molecule has 0 aliphatic heterocycles. The molecule has 3 atom stereocenters. The standard InChI is InChI=1S/C38H44N4O8/c1-3-47-35(43)33(23-27-15-19-31(20-16-27)49-25-29-11-7-5-8-12-29)39-37(45)41-42-38(46)40-34(36(44)48-4-2)24-28-17-21-32(22-18-28)50-26-30-13-9-6-10-14-30/h5-22,33-35,43H,3-4,23-26H2,1-2H3,(H2,39,41,45)(H2,40,42,46)/t33-,34-,35?/m0/s1. The summed E-state index contributed by atoms with van der Waals surface area (Å²) in [6, 6.07) is 30.5. The van der Waals surface area contributed by atoms with Crippen LogP contribution in [0.15, 0.2) is 109 Å². The number of amides is 4. The van der Waals surface area contributed by atoms with Crippen LogP contribution < -0.4 is 31.0 Å². The van der Waals surface area contributed by atoms with Crippen molar-refractivity contribution in [3.05, 3.63) is 131 Å². The van der Waals surface area contributed by atoms with Crippen LogP contribution in [0.25, 0.3) is 0 Å². The fourth-order valence-electron chi connectivity index (χ4n) is 4.87. The van der Waals surface area contributed by atoms with E-state index in [-0.39, 0.29) is 26.1 Å². The molecule has 0 spiro atoms. The van der Waals surface area contributed by atoms with Gasteiger partial charge in [-0.05, 0) is 66.8 Å². The van der Waals surface area contributed by atoms with Gasteiger partial charge in [0.15, 0.2) is 6.29 Å². The van der Waals surface area contributed by atoms with Gasteiger partial charge in [0.25, 0.3) is 0 Å². The van der Waals surface area contributed by atoms with Gasteiger partial charge < -0.3 is 34.7 Å². The van der Waals surface area contributed by atoms with Crippen molar-refractivity contribution in [2.75, 3.05) is 13.2 Å². The summed E-state index contributed by atoms with van der Waals surface area (Å²) >= 11 is 0. The van der Waals surface area contributed by atoms with Crippen LogP contribution in [0, 0.1) is 0 Å². The van der Waals surface area contributed by atoms with Gasteiger partial charge in [0.05, 0.1) is 12.6 Å². The summed E-state index contributed by atoms with van der Waals surface area (Å²) in [5, 5.41) is 15.8. The number of carbonyl (C=O) groups excluding carboxylic acids is 3. The van der Waals surface area contributed by atoms with Crippen molar-refractivity contribution in [2.45, 2.75) is 58.3 Å². The third-order valence-corrected chi connectivity index (χ3v) is 7.40. The van der Waals surface area contributed by atoms with Gasteiger partial charge in [0.1, 0.15) is 30.8 Å². The molecule has 0 saturated carbocycles. The number of nitrogens with one attached hydrogen (secondary N) is 4. The van der Waals surface area contributed by atoms with Gasteiger partial charge in [-0.2, -0.15) is 0 Å². The Hall–Kier alpha value is -5.59. The van der Waals surface area contributed by atoms with Crippen LogP contribution in [0.5, 0.6) is 11.5 Å². The van der Waals surface area contributed by atoms with Crippen LogP contribution in [0.1, 0.15) is 36.1 Å². The van der Waals surface area contributed by atoms with Gasteiger partial charge >= 0.3 is 18.0 Å². The molecule has 12 nitrogen and oxygen atoms in total. The summed E-state index contributed by atoms with van der Waals surface area (Å²) in [6.45, 7) is 4.57. The lowest BCUT2D eigenvalue weighted by Gasteiger charge is -2.24. The maximum atomic E-state index is 12.8. The smallest absolute Gasteiger partial charge is 0.334 e. The summed E-state index contributed by atoms with van der Waals surface area (Å²) in [5.41, 5.74) is 8.12. The van der Waals surface area contributed by atoms with Gasteiger partial charge in [-0.1, -0.05) is 84.9 Å². The number of hydrazine groups is 1. The Labute approximate surface area is 292 Å². The highest BCUT2D eigenvalue weighted by atomic mass is 16.6. The van der Waals surface area contributed by atoms with E-state index in [2.05, 4.69) is 21.5 Å². The fourth-order valence-corrected chi connectivity index (χ4v) is 4.87. The molecule has 50 heavy (non-hydrogen) atoms. The monoisotopic (exact) mass is 684 g/mol. The number of benzene rings is 4. The number of ether oxygens (including phenoxy) is 4. The number of esters is 1. The van der Waals surface area contributed by atoms with E-state index >= 15 is 0 Å². The summed E-state index contributed by atoms with van der Waals surface area (Å²) < 4.78 is 22.2. The predicted octanol–water partition coefficient (Wildman–Crippen LogP) is 4.80. The Balaban J connectivity index is 1.27. The number of rotatable bonds is 17. The molecule has 0 aliphatic carbocycles. The maximum Gasteiger partial charge on any atom is 0.334 e. The van der Waals surface area contributed by atoms with Gasteiger partial charge in [0, 0.05) is 13.0 Å². The van der Waals surface area contributed by atoms with Crippen LogP contribution in [-0.2, 0) is 40.3 Å². The number of aliphatic hydroxyl groups excluding tert-OH is 1. The highest BCUT2D eigenvalue weighted by Crippen LogP contribution is 2.17. The number of hydrogen-bond donors (Lipinski definition) is 5. The highest BCUT2D eigenvalue weighted by Gasteiger charge is 2.25. The lowest BCUT2D eigenvalue weighted by atomic mass is 10.1. The first kappa shape index (κ1) is 37.2. The molecule has 0 aliphatic rings. The second-order valence-corrected chi connectivity index (χ2v) is 11.2. The van der Waals surface area contributed by atoms with Crippen molar-refractivity contribution >= 4 is 18.0 Å². The fraction of sp³-hybridized carbons (Fsp3) is 0.289. The SMILES string of the molecule is CCOC(=O)[C@H](Cc1ccc(OCc2ccccc2)cc1)NC(=O)NNC(=O)N[C@@H](Cc1ccc(OCc2ccccc2)cc1)C(O)OCC. The van der Waals surface area contributed by atoms with Crippen LogP contribution >= 0.6 is 0 Å². The van der Waals surface area contributed by atoms with Crippen molar-refractivity contribution in [2.24, 2.45) is 0 Å². The van der Waals surface area contributed by atoms with Gasteiger partial charge in [0.2, 0.25) is 0 Å². The molecule has 0 fully saturated rings. The zero-order chi connectivity index (χ0) is 35.6. The molecule has 4 amide bonds. The average molecular weight is 685 g/mol. The normalized spacial score (nSPS) is 12.5. The van der Waals surface area contributed by atoms with Crippen molar-refractivity contribution in [3.8, 4) is 11.5 Å². The molecule has 0 radical (unpaired) electrons. The Kier molecular flexibility index (Phi) is 14.9. The van der Waals surface area contributed by atoms with E-state index in [0.717, 1.165) is 22.3 Å². The Bertz CT molecular complexity index is 1610. The van der Waals surface area contributed by atoms with E-state index in [1.807, 2.05) is 84.9 Å². The zero-order valence-electron chi connectivity index (χ0n) is 28.2. The third kappa shape index (κ3) is 12.8. The molecule has 264 valence electrons. The van der Waals surface area contributed by atoms with Gasteiger partial charge in [-0.3, -0.25) is 0 Å². The second-order valence-electron chi connectivity index (χ2n) is 11.2. The van der Waals surface area contributed by atoms with E-state index in [4.69, 9.17) is 18.9 Å². The molecule has 0 bridgehead atoms. The first-order chi connectivity index (χ1) is 24.3. The highest BCUT2D eigenvalue weighted by molar-refractivity contribution is 5.85. The zero-order valence-corrected chi connectivity index (χ0v) is 28.2. The molecule has 4 rings (SSSR count). The summed E-state index contributed by atoms with van der Waals surface area (Å²) in [5.74, 6) is 0.697. The minimum Gasteiger partial charge on any atom is -0.489 e. The van der Waals surface area contributed by atoms with Crippen molar-refractivity contribution in [1.82, 2.24) is 21.5 Å². The van der Waals surface area contributed by atoms with Crippen molar-refractivity contribution in [3.63, 3.8) is 0 Å². The molecule has 4 aromatic carbocycles. The number of carbonyl (C=O) groups is 3. The molecule has 12 heteroatoms. The van der Waals surface area contributed by atoms with Gasteiger partial charge in [-0.25, -0.2) is 25.2 Å². The third-order valence-electron chi connectivity index (χ3n) is 7.40. The largest absolute Gasteiger partial charge is 0.489 e. The second kappa shape index (κ2) is 20.0. The van der Waals surface area contributed by atoms with E-state index < -0.39 is 36.4 Å². The number of aliphatic hydroxyl groups is 1. The van der Waals surface area contributed by atoms with Gasteiger partial charge in [-0.15, -0.1) is 0 Å². The minimum atomic E-state index is -1.32. The quantitative estimate of drug-likeness (QED) is 0.0604. The Morgan fingerprint density at radius 3 is 1.56 bits per heavy atom. The molecular formula is C38H44N4O8. The van der Waals surface area contributed by atoms with E-state index in [9.17, 15) is 19.5 Å². The van der Waals surface area contributed by atoms with Crippen molar-refractivity contribution < 1.29 is 38.4 Å². The van der Waals surface area contributed by atoms with E-state index in [1.165, 1.54) is 0 Å². The van der Waals surface area contributed by atoms with Crippen LogP contribution in [-0.4, -0.2) is 54.7 Å². The van der Waals surface area contributed by atoms with Crippen molar-refractivity contribution in [1.29, 1.82) is 0 Å². The molecule has 1 unspecified atom stereocenters. The number of urea groups is 2. The van der Waals surface area contributed by atoms with E-state index in [1.54, 1.807) is 38.1 Å². The summed E-state index contributed by atoms with van der Waals surface area (Å²) in [7, 11) is 0. The predicted molar refractivity (Wildman–Crippen MR) is 187 cm³/mol. The molecule has 5 N–H and O–H groups in total. The average Bonchev–Trinajstić information content (AvgIpc) is 3.14. The van der Waals surface area contributed by atoms with Crippen LogP contribution in [0.4, 0.5) is 9.59 Å². The molecule has 0 heterocycles. The number of hydrogen-bond acceptors (Lipinski definition) is 8. The van der Waals surface area contributed by atoms with Crippen LogP contribution in [0.3, 0.4) is 0 Å². The molecular weight excluding hydrogens is 640 g/mol. The maximum absolute atomic E-state index is 12.8. The topological polar surface area (TPSA) is 156 Å². The summed E-state index contributed by atoms with van der Waals surface area (Å²) in [4.78, 5) is 38.2. The first-order valence-corrected chi connectivity index (χ1v) is 16.4.